The Morgan fingerprint density at radius 3 is 2.05 bits per heavy atom. The van der Waals surface area contributed by atoms with Gasteiger partial charge >= 0.3 is 0 Å². The van der Waals surface area contributed by atoms with Gasteiger partial charge in [0, 0.05) is 37.1 Å². The molecule has 1 heterocycles. The highest BCUT2D eigenvalue weighted by atomic mass is 79.9. The first-order chi connectivity index (χ1) is 17.7. The molecule has 1 amide bonds. The number of methoxy groups -OCH3 is 3. The molecule has 9 heteroatoms. The van der Waals surface area contributed by atoms with Crippen LogP contribution in [0.25, 0.3) is 5.76 Å². The van der Waals surface area contributed by atoms with Crippen LogP contribution in [0.5, 0.6) is 17.2 Å². The number of ether oxygens (including phenoxy) is 3. The maximum atomic E-state index is 13.5. The highest BCUT2D eigenvalue weighted by molar-refractivity contribution is 9.10. The van der Waals surface area contributed by atoms with E-state index < -0.39 is 17.7 Å². The van der Waals surface area contributed by atoms with Crippen LogP contribution in [0.4, 0.5) is 11.4 Å². The van der Waals surface area contributed by atoms with Crippen molar-refractivity contribution >= 4 is 44.8 Å². The average Bonchev–Trinajstić information content (AvgIpc) is 3.17. The second kappa shape index (κ2) is 10.6. The van der Waals surface area contributed by atoms with Gasteiger partial charge < -0.3 is 24.2 Å². The Morgan fingerprint density at radius 1 is 0.865 bits per heavy atom. The molecule has 0 aliphatic carbocycles. The van der Waals surface area contributed by atoms with Crippen LogP contribution >= 0.6 is 15.9 Å². The lowest BCUT2D eigenvalue weighted by Crippen LogP contribution is -2.29. The average molecular weight is 567 g/mol. The van der Waals surface area contributed by atoms with E-state index in [0.717, 1.165) is 5.69 Å². The Bertz CT molecular complexity index is 1380. The van der Waals surface area contributed by atoms with E-state index in [1.54, 1.807) is 36.4 Å². The number of aliphatic hydroxyl groups excluding tert-OH is 1. The lowest BCUT2D eigenvalue weighted by atomic mass is 9.95. The second-order valence-corrected chi connectivity index (χ2v) is 9.40. The molecule has 37 heavy (non-hydrogen) atoms. The Balaban J connectivity index is 1.94. The van der Waals surface area contributed by atoms with Gasteiger partial charge in [-0.3, -0.25) is 14.5 Å². The van der Waals surface area contributed by atoms with Crippen molar-refractivity contribution in [3.05, 3.63) is 81.8 Å². The molecule has 1 atom stereocenters. The topological polar surface area (TPSA) is 88.5 Å². The summed E-state index contributed by atoms with van der Waals surface area (Å²) >= 11 is 3.42. The molecule has 3 aromatic carbocycles. The van der Waals surface area contributed by atoms with Gasteiger partial charge in [-0.05, 0) is 64.0 Å². The van der Waals surface area contributed by atoms with Crippen LogP contribution in [0.2, 0.25) is 0 Å². The van der Waals surface area contributed by atoms with Gasteiger partial charge in [0.05, 0.1) is 37.4 Å². The van der Waals surface area contributed by atoms with Crippen molar-refractivity contribution in [3.8, 4) is 17.2 Å². The van der Waals surface area contributed by atoms with Gasteiger partial charge in [-0.2, -0.15) is 0 Å². The number of halogens is 1. The van der Waals surface area contributed by atoms with Crippen LogP contribution in [0.3, 0.4) is 0 Å². The standard InChI is InChI=1S/C28H27BrN2O6/c1-30(2)18-9-6-16(7-10-18)25-24(26(32)17-8-12-21(35-3)20(29)14-17)27(33)28(34)31(25)19-11-13-22(36-4)23(15-19)37-5/h6-15,25,32H,1-5H3/b26-24+. The highest BCUT2D eigenvalue weighted by Crippen LogP contribution is 2.44. The summed E-state index contributed by atoms with van der Waals surface area (Å²) in [6.07, 6.45) is 0. The lowest BCUT2D eigenvalue weighted by molar-refractivity contribution is -0.132. The van der Waals surface area contributed by atoms with Gasteiger partial charge in [-0.1, -0.05) is 12.1 Å². The summed E-state index contributed by atoms with van der Waals surface area (Å²) in [5, 5.41) is 11.4. The Morgan fingerprint density at radius 2 is 1.49 bits per heavy atom. The number of rotatable bonds is 7. The van der Waals surface area contributed by atoms with Crippen molar-refractivity contribution < 1.29 is 28.9 Å². The van der Waals surface area contributed by atoms with Crippen LogP contribution in [0, 0.1) is 0 Å². The molecule has 0 bridgehead atoms. The molecule has 1 saturated heterocycles. The number of amides is 1. The van der Waals surface area contributed by atoms with E-state index in [-0.39, 0.29) is 11.3 Å². The number of Topliss-reactive ketones (excluding diaryl/α,β-unsaturated/α-hetero) is 1. The summed E-state index contributed by atoms with van der Waals surface area (Å²) in [7, 11) is 8.39. The molecule has 0 aromatic heterocycles. The molecular weight excluding hydrogens is 540 g/mol. The number of benzene rings is 3. The molecule has 1 N–H and O–H groups in total. The molecule has 192 valence electrons. The van der Waals surface area contributed by atoms with Gasteiger partial charge in [-0.25, -0.2) is 0 Å². The first-order valence-electron chi connectivity index (χ1n) is 11.4. The van der Waals surface area contributed by atoms with Crippen LogP contribution in [0.1, 0.15) is 17.2 Å². The third kappa shape index (κ3) is 4.74. The first-order valence-corrected chi connectivity index (χ1v) is 12.1. The van der Waals surface area contributed by atoms with Gasteiger partial charge in [-0.15, -0.1) is 0 Å². The zero-order chi connectivity index (χ0) is 26.9. The number of ketones is 1. The van der Waals surface area contributed by atoms with Gasteiger partial charge in [0.2, 0.25) is 0 Å². The lowest BCUT2D eigenvalue weighted by Gasteiger charge is -2.26. The molecule has 3 aromatic rings. The van der Waals surface area contributed by atoms with Crippen LogP contribution in [-0.4, -0.2) is 52.2 Å². The minimum Gasteiger partial charge on any atom is -0.507 e. The van der Waals surface area contributed by atoms with E-state index >= 15 is 0 Å². The molecule has 1 aliphatic rings. The zero-order valence-electron chi connectivity index (χ0n) is 21.1. The van der Waals surface area contributed by atoms with Crippen molar-refractivity contribution in [2.75, 3.05) is 45.2 Å². The van der Waals surface area contributed by atoms with Crippen molar-refractivity contribution in [2.45, 2.75) is 6.04 Å². The number of nitrogens with zero attached hydrogens (tertiary/aromatic N) is 2. The Hall–Kier alpha value is -3.98. The number of carbonyl (C=O) groups excluding carboxylic acids is 2. The number of hydrogen-bond acceptors (Lipinski definition) is 7. The largest absolute Gasteiger partial charge is 0.507 e. The van der Waals surface area contributed by atoms with E-state index in [1.807, 2.05) is 43.3 Å². The maximum absolute atomic E-state index is 13.5. The molecule has 0 spiro atoms. The molecule has 1 aliphatic heterocycles. The van der Waals surface area contributed by atoms with Gasteiger partial charge in [0.1, 0.15) is 11.5 Å². The summed E-state index contributed by atoms with van der Waals surface area (Å²) in [6.45, 7) is 0. The van der Waals surface area contributed by atoms with Gasteiger partial charge in [0.25, 0.3) is 11.7 Å². The van der Waals surface area contributed by atoms with Crippen LogP contribution < -0.4 is 24.0 Å². The Kier molecular flexibility index (Phi) is 7.45. The van der Waals surface area contributed by atoms with E-state index in [4.69, 9.17) is 14.2 Å². The van der Waals surface area contributed by atoms with Crippen molar-refractivity contribution in [2.24, 2.45) is 0 Å². The number of hydrogen-bond donors (Lipinski definition) is 1. The third-order valence-electron chi connectivity index (χ3n) is 6.24. The smallest absolute Gasteiger partial charge is 0.300 e. The van der Waals surface area contributed by atoms with Gasteiger partial charge in [0.15, 0.2) is 11.5 Å². The predicted octanol–water partition coefficient (Wildman–Crippen LogP) is 5.17. The summed E-state index contributed by atoms with van der Waals surface area (Å²) < 4.78 is 16.6. The highest BCUT2D eigenvalue weighted by Gasteiger charge is 2.47. The normalized spacial score (nSPS) is 16.6. The molecule has 1 unspecified atom stereocenters. The number of anilines is 2. The maximum Gasteiger partial charge on any atom is 0.300 e. The molecular formula is C28H27BrN2O6. The zero-order valence-corrected chi connectivity index (χ0v) is 22.7. The number of aliphatic hydroxyl groups is 1. The fourth-order valence-electron chi connectivity index (χ4n) is 4.31. The van der Waals surface area contributed by atoms with Crippen molar-refractivity contribution in [1.82, 2.24) is 0 Å². The fourth-order valence-corrected chi connectivity index (χ4v) is 4.85. The summed E-state index contributed by atoms with van der Waals surface area (Å²) in [5.41, 5.74) is 2.39. The minimum atomic E-state index is -0.879. The van der Waals surface area contributed by atoms with Crippen molar-refractivity contribution in [1.29, 1.82) is 0 Å². The summed E-state index contributed by atoms with van der Waals surface area (Å²) in [5.74, 6) is -0.381. The minimum absolute atomic E-state index is 0.0190. The van der Waals surface area contributed by atoms with E-state index in [2.05, 4.69) is 15.9 Å². The predicted molar refractivity (Wildman–Crippen MR) is 146 cm³/mol. The van der Waals surface area contributed by atoms with Crippen molar-refractivity contribution in [3.63, 3.8) is 0 Å². The quantitative estimate of drug-likeness (QED) is 0.240. The van der Waals surface area contributed by atoms with Crippen LogP contribution in [-0.2, 0) is 9.59 Å². The molecule has 4 rings (SSSR count). The first kappa shape index (κ1) is 26.1. The second-order valence-electron chi connectivity index (χ2n) is 8.54. The monoisotopic (exact) mass is 566 g/mol. The Labute approximate surface area is 223 Å². The molecule has 8 nitrogen and oxygen atoms in total. The fraction of sp³-hybridized carbons (Fsp3) is 0.214. The summed E-state index contributed by atoms with van der Waals surface area (Å²) in [4.78, 5) is 30.2. The molecule has 1 fully saturated rings. The SMILES string of the molecule is COc1ccc(/C(O)=C2\C(=O)C(=O)N(c3ccc(OC)c(OC)c3)C2c2ccc(N(C)C)cc2)cc1Br. The van der Waals surface area contributed by atoms with E-state index in [1.165, 1.54) is 26.2 Å². The van der Waals surface area contributed by atoms with Crippen LogP contribution in [0.15, 0.2) is 70.7 Å². The van der Waals surface area contributed by atoms with E-state index in [0.29, 0.717) is 38.5 Å². The molecule has 0 saturated carbocycles. The van der Waals surface area contributed by atoms with E-state index in [9.17, 15) is 14.7 Å². The molecule has 0 radical (unpaired) electrons. The number of carbonyl (C=O) groups is 2. The summed E-state index contributed by atoms with van der Waals surface area (Å²) in [6, 6.07) is 16.5. The third-order valence-corrected chi connectivity index (χ3v) is 6.86.